The molecule has 2 heteroatoms. The Morgan fingerprint density at radius 1 is 0.629 bits per heavy atom. The number of nitrogens with zero attached hydrogens (tertiary/aromatic N) is 1. The summed E-state index contributed by atoms with van der Waals surface area (Å²) in [6, 6.07) is 41.9. The molecule has 1 aliphatic rings. The Balaban J connectivity index is 1.43. The van der Waals surface area contributed by atoms with E-state index in [-0.39, 0.29) is 5.92 Å². The topological polar surface area (TPSA) is 20.2 Å². The molecular formula is C33H22N2. The average molecular weight is 447 g/mol. The zero-order valence-electron chi connectivity index (χ0n) is 19.1. The fraction of sp³-hybridized carbons (Fsp3) is 0.0303. The molecule has 0 saturated heterocycles. The Morgan fingerprint density at radius 3 is 2.09 bits per heavy atom. The first-order chi connectivity index (χ1) is 17.4. The van der Waals surface area contributed by atoms with E-state index in [1.165, 1.54) is 66.4 Å². The molecule has 0 amide bonds. The maximum atomic E-state index is 3.77. The molecule has 0 saturated carbocycles. The Morgan fingerprint density at radius 2 is 1.31 bits per heavy atom. The van der Waals surface area contributed by atoms with E-state index in [0.717, 1.165) is 0 Å². The number of benzene rings is 4. The van der Waals surface area contributed by atoms with Crippen molar-refractivity contribution in [3.05, 3.63) is 138 Å². The Labute approximate surface area is 203 Å². The molecule has 4 aromatic carbocycles. The third-order valence-electron chi connectivity index (χ3n) is 7.63. The SMILES string of the molecule is c1ccc(-c2c3[nH]c4ccc(C5c6ccccc6-c6ccccc65)cc4c3n3ccccc23)cc1. The van der Waals surface area contributed by atoms with E-state index in [4.69, 9.17) is 0 Å². The van der Waals surface area contributed by atoms with Crippen LogP contribution in [0.1, 0.15) is 22.6 Å². The standard InChI is InChI=1S/C33H22N2/c1-2-10-21(11-3-1)31-29-16-8-9-19-35(29)33-27-20-22(17-18-28(27)34-32(31)33)30-25-14-6-4-12-23(25)24-13-5-7-15-26(24)30/h1-20,30,34H. The van der Waals surface area contributed by atoms with Crippen LogP contribution in [-0.4, -0.2) is 9.38 Å². The number of fused-ring (bicyclic) bond motifs is 8. The van der Waals surface area contributed by atoms with Crippen LogP contribution in [0.5, 0.6) is 0 Å². The summed E-state index contributed by atoms with van der Waals surface area (Å²) in [7, 11) is 0. The van der Waals surface area contributed by atoms with Crippen molar-refractivity contribution in [2.45, 2.75) is 5.92 Å². The number of hydrogen-bond donors (Lipinski definition) is 1. The summed E-state index contributed by atoms with van der Waals surface area (Å²) in [4.78, 5) is 3.77. The van der Waals surface area contributed by atoms with Gasteiger partial charge >= 0.3 is 0 Å². The molecule has 0 radical (unpaired) electrons. The van der Waals surface area contributed by atoms with E-state index in [9.17, 15) is 0 Å². The predicted octanol–water partition coefficient (Wildman–Crippen LogP) is 8.40. The van der Waals surface area contributed by atoms with Crippen LogP contribution in [0.25, 0.3) is 49.7 Å². The lowest BCUT2D eigenvalue weighted by Crippen LogP contribution is -1.99. The van der Waals surface area contributed by atoms with Gasteiger partial charge in [-0.05, 0) is 57.6 Å². The third-order valence-corrected chi connectivity index (χ3v) is 7.63. The lowest BCUT2D eigenvalue weighted by atomic mass is 9.89. The van der Waals surface area contributed by atoms with Crippen LogP contribution < -0.4 is 0 Å². The van der Waals surface area contributed by atoms with Gasteiger partial charge in [0.15, 0.2) is 0 Å². The Bertz CT molecular complexity index is 1860. The zero-order chi connectivity index (χ0) is 22.9. The molecule has 0 bridgehead atoms. The van der Waals surface area contributed by atoms with Crippen molar-refractivity contribution in [3.8, 4) is 22.3 Å². The molecule has 0 aliphatic heterocycles. The maximum absolute atomic E-state index is 3.77. The first-order valence-corrected chi connectivity index (χ1v) is 12.2. The molecule has 7 aromatic rings. The zero-order valence-corrected chi connectivity index (χ0v) is 19.1. The van der Waals surface area contributed by atoms with Crippen molar-refractivity contribution in [1.29, 1.82) is 0 Å². The first-order valence-electron chi connectivity index (χ1n) is 12.2. The van der Waals surface area contributed by atoms with E-state index in [2.05, 4.69) is 131 Å². The molecule has 2 nitrogen and oxygen atoms in total. The van der Waals surface area contributed by atoms with Crippen LogP contribution in [0.2, 0.25) is 0 Å². The van der Waals surface area contributed by atoms with Crippen LogP contribution in [-0.2, 0) is 0 Å². The minimum Gasteiger partial charge on any atom is -0.353 e. The molecule has 3 heterocycles. The van der Waals surface area contributed by atoms with Crippen LogP contribution >= 0.6 is 0 Å². The highest BCUT2D eigenvalue weighted by molar-refractivity contribution is 6.15. The summed E-state index contributed by atoms with van der Waals surface area (Å²) < 4.78 is 2.34. The van der Waals surface area contributed by atoms with Gasteiger partial charge in [0.2, 0.25) is 0 Å². The molecule has 0 atom stereocenters. The van der Waals surface area contributed by atoms with E-state index < -0.39 is 0 Å². The maximum Gasteiger partial charge on any atom is 0.0793 e. The quantitative estimate of drug-likeness (QED) is 0.275. The van der Waals surface area contributed by atoms with Gasteiger partial charge in [0.05, 0.1) is 16.6 Å². The van der Waals surface area contributed by atoms with Crippen molar-refractivity contribution in [2.75, 3.05) is 0 Å². The van der Waals surface area contributed by atoms with Crippen molar-refractivity contribution >= 4 is 27.5 Å². The van der Waals surface area contributed by atoms with Gasteiger partial charge in [-0.15, -0.1) is 0 Å². The molecular weight excluding hydrogens is 424 g/mol. The molecule has 35 heavy (non-hydrogen) atoms. The van der Waals surface area contributed by atoms with Crippen LogP contribution in [0.4, 0.5) is 0 Å². The van der Waals surface area contributed by atoms with E-state index in [0.29, 0.717) is 0 Å². The number of aromatic amines is 1. The van der Waals surface area contributed by atoms with Crippen LogP contribution in [0, 0.1) is 0 Å². The Hall–Kier alpha value is -4.56. The third kappa shape index (κ3) is 2.54. The van der Waals surface area contributed by atoms with E-state index in [1.54, 1.807) is 0 Å². The molecule has 8 rings (SSSR count). The monoisotopic (exact) mass is 446 g/mol. The van der Waals surface area contributed by atoms with E-state index >= 15 is 0 Å². The fourth-order valence-electron chi connectivity index (χ4n) is 6.19. The summed E-state index contributed by atoms with van der Waals surface area (Å²) >= 11 is 0. The number of rotatable bonds is 2. The molecule has 164 valence electrons. The highest BCUT2D eigenvalue weighted by atomic mass is 14.9. The lowest BCUT2D eigenvalue weighted by molar-refractivity contribution is 1.02. The number of H-pyrrole nitrogens is 1. The second-order valence-corrected chi connectivity index (χ2v) is 9.46. The average Bonchev–Trinajstić information content (AvgIpc) is 3.55. The van der Waals surface area contributed by atoms with Gasteiger partial charge in [-0.2, -0.15) is 0 Å². The smallest absolute Gasteiger partial charge is 0.0793 e. The van der Waals surface area contributed by atoms with Crippen LogP contribution in [0.15, 0.2) is 121 Å². The van der Waals surface area contributed by atoms with Crippen molar-refractivity contribution in [1.82, 2.24) is 9.38 Å². The minimum absolute atomic E-state index is 0.247. The van der Waals surface area contributed by atoms with Crippen molar-refractivity contribution in [3.63, 3.8) is 0 Å². The van der Waals surface area contributed by atoms with Crippen molar-refractivity contribution < 1.29 is 0 Å². The number of pyridine rings is 1. The second-order valence-electron chi connectivity index (χ2n) is 9.46. The Kier molecular flexibility index (Phi) is 3.75. The molecule has 3 aromatic heterocycles. The summed E-state index contributed by atoms with van der Waals surface area (Å²) in [5.74, 6) is 0.247. The number of aromatic nitrogens is 2. The molecule has 1 aliphatic carbocycles. The summed E-state index contributed by atoms with van der Waals surface area (Å²) in [6.45, 7) is 0. The minimum atomic E-state index is 0.247. The number of hydrogen-bond acceptors (Lipinski definition) is 0. The molecule has 0 unspecified atom stereocenters. The van der Waals surface area contributed by atoms with Gasteiger partial charge in [0.25, 0.3) is 0 Å². The summed E-state index contributed by atoms with van der Waals surface area (Å²) in [6.07, 6.45) is 2.18. The largest absolute Gasteiger partial charge is 0.353 e. The van der Waals surface area contributed by atoms with Gasteiger partial charge in [0, 0.05) is 28.6 Å². The van der Waals surface area contributed by atoms with E-state index in [1.807, 2.05) is 0 Å². The van der Waals surface area contributed by atoms with Gasteiger partial charge in [-0.1, -0.05) is 91.0 Å². The predicted molar refractivity (Wildman–Crippen MR) is 145 cm³/mol. The molecule has 1 N–H and O–H groups in total. The normalized spacial score (nSPS) is 13.0. The molecule has 0 fully saturated rings. The first kappa shape index (κ1) is 18.8. The highest BCUT2D eigenvalue weighted by Crippen LogP contribution is 2.48. The second kappa shape index (κ2) is 6.97. The van der Waals surface area contributed by atoms with Gasteiger partial charge in [-0.25, -0.2) is 0 Å². The van der Waals surface area contributed by atoms with Crippen LogP contribution in [0.3, 0.4) is 0 Å². The van der Waals surface area contributed by atoms with Gasteiger partial charge in [0.1, 0.15) is 0 Å². The summed E-state index contributed by atoms with van der Waals surface area (Å²) in [5, 5.41) is 1.27. The highest BCUT2D eigenvalue weighted by Gasteiger charge is 2.30. The van der Waals surface area contributed by atoms with Gasteiger partial charge < -0.3 is 9.38 Å². The number of nitrogens with one attached hydrogen (secondary N) is 1. The fourth-order valence-corrected chi connectivity index (χ4v) is 6.19. The van der Waals surface area contributed by atoms with Gasteiger partial charge in [-0.3, -0.25) is 0 Å². The lowest BCUT2D eigenvalue weighted by Gasteiger charge is -2.14. The molecule has 0 spiro atoms. The van der Waals surface area contributed by atoms with Crippen molar-refractivity contribution in [2.24, 2.45) is 0 Å². The summed E-state index contributed by atoms with van der Waals surface area (Å²) in [5.41, 5.74) is 14.2.